The predicted molar refractivity (Wildman–Crippen MR) is 85.6 cm³/mol. The van der Waals surface area contributed by atoms with Crippen LogP contribution in [0.1, 0.15) is 18.9 Å². The second kappa shape index (κ2) is 5.43. The molecular formula is C17H23N3. The van der Waals surface area contributed by atoms with Gasteiger partial charge in [0.15, 0.2) is 0 Å². The van der Waals surface area contributed by atoms with Gasteiger partial charge in [0, 0.05) is 55.4 Å². The SMILES string of the molecule is CC(N)CN1CC=C(c2cn(C)c3ccccc23)CC1. The van der Waals surface area contributed by atoms with Crippen LogP contribution in [-0.2, 0) is 7.05 Å². The number of benzene rings is 1. The Morgan fingerprint density at radius 2 is 2.10 bits per heavy atom. The first-order valence-corrected chi connectivity index (χ1v) is 7.36. The summed E-state index contributed by atoms with van der Waals surface area (Å²) in [6.45, 7) is 5.18. The molecule has 3 nitrogen and oxygen atoms in total. The van der Waals surface area contributed by atoms with Crippen molar-refractivity contribution in [1.82, 2.24) is 9.47 Å². The Morgan fingerprint density at radius 1 is 1.30 bits per heavy atom. The summed E-state index contributed by atoms with van der Waals surface area (Å²) in [6, 6.07) is 8.89. The first kappa shape index (κ1) is 13.4. The second-order valence-corrected chi connectivity index (χ2v) is 5.89. The average Bonchev–Trinajstić information content (AvgIpc) is 2.77. The third kappa shape index (κ3) is 2.51. The molecule has 2 aromatic rings. The van der Waals surface area contributed by atoms with Crippen LogP contribution in [0.25, 0.3) is 16.5 Å². The summed E-state index contributed by atoms with van der Waals surface area (Å²) in [5.74, 6) is 0. The van der Waals surface area contributed by atoms with Crippen LogP contribution in [0, 0.1) is 0 Å². The van der Waals surface area contributed by atoms with E-state index in [1.807, 2.05) is 0 Å². The van der Waals surface area contributed by atoms with E-state index in [0.717, 1.165) is 26.1 Å². The fourth-order valence-electron chi connectivity index (χ4n) is 3.13. The fourth-order valence-corrected chi connectivity index (χ4v) is 3.13. The first-order chi connectivity index (χ1) is 9.65. The van der Waals surface area contributed by atoms with E-state index in [0.29, 0.717) is 0 Å². The highest BCUT2D eigenvalue weighted by Gasteiger charge is 2.16. The third-order valence-electron chi connectivity index (χ3n) is 4.08. The van der Waals surface area contributed by atoms with Gasteiger partial charge in [0.25, 0.3) is 0 Å². The van der Waals surface area contributed by atoms with Gasteiger partial charge in [0.2, 0.25) is 0 Å². The minimum Gasteiger partial charge on any atom is -0.350 e. The van der Waals surface area contributed by atoms with Gasteiger partial charge in [0.1, 0.15) is 0 Å². The molecule has 1 unspecified atom stereocenters. The summed E-state index contributed by atoms with van der Waals surface area (Å²) in [7, 11) is 2.12. The van der Waals surface area contributed by atoms with E-state index in [2.05, 4.69) is 60.0 Å². The Morgan fingerprint density at radius 3 is 2.80 bits per heavy atom. The predicted octanol–water partition coefficient (Wildman–Crippen LogP) is 2.61. The van der Waals surface area contributed by atoms with Crippen LogP contribution >= 0.6 is 0 Å². The number of nitrogens with two attached hydrogens (primary N) is 1. The van der Waals surface area contributed by atoms with Gasteiger partial charge in [-0.2, -0.15) is 0 Å². The second-order valence-electron chi connectivity index (χ2n) is 5.89. The van der Waals surface area contributed by atoms with Crippen LogP contribution in [0.15, 0.2) is 36.5 Å². The maximum absolute atomic E-state index is 5.88. The van der Waals surface area contributed by atoms with Crippen LogP contribution in [0.3, 0.4) is 0 Å². The van der Waals surface area contributed by atoms with E-state index < -0.39 is 0 Å². The van der Waals surface area contributed by atoms with Crippen LogP contribution in [0.4, 0.5) is 0 Å². The number of rotatable bonds is 3. The quantitative estimate of drug-likeness (QED) is 0.929. The lowest BCUT2D eigenvalue weighted by Gasteiger charge is -2.27. The highest BCUT2D eigenvalue weighted by molar-refractivity contribution is 5.93. The zero-order valence-electron chi connectivity index (χ0n) is 12.3. The fraction of sp³-hybridized carbons (Fsp3) is 0.412. The van der Waals surface area contributed by atoms with Crippen molar-refractivity contribution in [2.45, 2.75) is 19.4 Å². The van der Waals surface area contributed by atoms with Crippen molar-refractivity contribution in [3.8, 4) is 0 Å². The summed E-state index contributed by atoms with van der Waals surface area (Å²) in [5.41, 5.74) is 10.1. The summed E-state index contributed by atoms with van der Waals surface area (Å²) in [6.07, 6.45) is 5.74. The molecule has 3 heteroatoms. The maximum Gasteiger partial charge on any atom is 0.0484 e. The summed E-state index contributed by atoms with van der Waals surface area (Å²) < 4.78 is 2.22. The van der Waals surface area contributed by atoms with Gasteiger partial charge < -0.3 is 10.3 Å². The highest BCUT2D eigenvalue weighted by Crippen LogP contribution is 2.30. The Bertz CT molecular complexity index is 637. The maximum atomic E-state index is 5.88. The lowest BCUT2D eigenvalue weighted by atomic mass is 9.99. The zero-order valence-corrected chi connectivity index (χ0v) is 12.3. The molecule has 0 saturated heterocycles. The van der Waals surface area contributed by atoms with Gasteiger partial charge in [-0.15, -0.1) is 0 Å². The van der Waals surface area contributed by atoms with Crippen molar-refractivity contribution < 1.29 is 0 Å². The number of hydrogen-bond acceptors (Lipinski definition) is 2. The lowest BCUT2D eigenvalue weighted by molar-refractivity contribution is 0.287. The van der Waals surface area contributed by atoms with Crippen LogP contribution in [0.2, 0.25) is 0 Å². The number of aryl methyl sites for hydroxylation is 1. The topological polar surface area (TPSA) is 34.2 Å². The van der Waals surface area contributed by atoms with Crippen LogP contribution < -0.4 is 5.73 Å². The monoisotopic (exact) mass is 269 g/mol. The van der Waals surface area contributed by atoms with Crippen molar-refractivity contribution in [3.05, 3.63) is 42.1 Å². The molecule has 0 fully saturated rings. The van der Waals surface area contributed by atoms with E-state index in [4.69, 9.17) is 5.73 Å². The summed E-state index contributed by atoms with van der Waals surface area (Å²) in [5, 5.41) is 1.36. The molecule has 106 valence electrons. The minimum absolute atomic E-state index is 0.252. The van der Waals surface area contributed by atoms with Gasteiger partial charge in [-0.25, -0.2) is 0 Å². The van der Waals surface area contributed by atoms with Crippen LogP contribution in [-0.4, -0.2) is 35.1 Å². The molecule has 3 rings (SSSR count). The smallest absolute Gasteiger partial charge is 0.0484 e. The molecule has 0 spiro atoms. The Hall–Kier alpha value is -1.58. The molecule has 1 atom stereocenters. The number of hydrogen-bond donors (Lipinski definition) is 1. The van der Waals surface area contributed by atoms with Crippen molar-refractivity contribution in [2.75, 3.05) is 19.6 Å². The Balaban J connectivity index is 1.88. The molecule has 0 saturated carbocycles. The number of para-hydroxylation sites is 1. The molecule has 0 bridgehead atoms. The van der Waals surface area contributed by atoms with Crippen LogP contribution in [0.5, 0.6) is 0 Å². The normalized spacial score (nSPS) is 18.2. The molecule has 1 aliphatic rings. The van der Waals surface area contributed by atoms with Gasteiger partial charge in [-0.05, 0) is 25.0 Å². The number of nitrogens with zero attached hydrogens (tertiary/aromatic N) is 2. The Kier molecular flexibility index (Phi) is 3.64. The largest absolute Gasteiger partial charge is 0.350 e. The standard InChI is InChI=1S/C17H23N3/c1-13(18)11-20-9-7-14(8-10-20)16-12-19(2)17-6-4-3-5-15(16)17/h3-7,12-13H,8-11,18H2,1-2H3. The van der Waals surface area contributed by atoms with Crippen molar-refractivity contribution in [2.24, 2.45) is 12.8 Å². The third-order valence-corrected chi connectivity index (χ3v) is 4.08. The van der Waals surface area contributed by atoms with Gasteiger partial charge in [-0.3, -0.25) is 4.90 Å². The molecular weight excluding hydrogens is 246 g/mol. The summed E-state index contributed by atoms with van der Waals surface area (Å²) in [4.78, 5) is 2.43. The number of aromatic nitrogens is 1. The van der Waals surface area contributed by atoms with E-state index in [-0.39, 0.29) is 6.04 Å². The van der Waals surface area contributed by atoms with Gasteiger partial charge >= 0.3 is 0 Å². The Labute approximate surface area is 120 Å². The van der Waals surface area contributed by atoms with E-state index >= 15 is 0 Å². The van der Waals surface area contributed by atoms with Gasteiger partial charge in [-0.1, -0.05) is 24.3 Å². The summed E-state index contributed by atoms with van der Waals surface area (Å²) >= 11 is 0. The molecule has 1 aromatic carbocycles. The number of fused-ring (bicyclic) bond motifs is 1. The highest BCUT2D eigenvalue weighted by atomic mass is 15.1. The molecule has 2 heterocycles. The minimum atomic E-state index is 0.252. The van der Waals surface area contributed by atoms with E-state index in [1.165, 1.54) is 22.0 Å². The molecule has 20 heavy (non-hydrogen) atoms. The molecule has 0 amide bonds. The molecule has 1 aromatic heterocycles. The molecule has 2 N–H and O–H groups in total. The van der Waals surface area contributed by atoms with Crippen molar-refractivity contribution >= 4 is 16.5 Å². The van der Waals surface area contributed by atoms with Gasteiger partial charge in [0.05, 0.1) is 0 Å². The van der Waals surface area contributed by atoms with E-state index in [1.54, 1.807) is 0 Å². The first-order valence-electron chi connectivity index (χ1n) is 7.36. The lowest BCUT2D eigenvalue weighted by Crippen LogP contribution is -2.37. The molecule has 0 aliphatic carbocycles. The molecule has 1 aliphatic heterocycles. The molecule has 0 radical (unpaired) electrons. The van der Waals surface area contributed by atoms with Crippen molar-refractivity contribution in [3.63, 3.8) is 0 Å². The van der Waals surface area contributed by atoms with E-state index in [9.17, 15) is 0 Å². The van der Waals surface area contributed by atoms with Crippen molar-refractivity contribution in [1.29, 1.82) is 0 Å². The average molecular weight is 269 g/mol. The zero-order chi connectivity index (χ0) is 14.1.